The summed E-state index contributed by atoms with van der Waals surface area (Å²) in [5.41, 5.74) is 1.36. The first-order valence-corrected chi connectivity index (χ1v) is 11.8. The van der Waals surface area contributed by atoms with Crippen LogP contribution in [0.1, 0.15) is 30.6 Å². The van der Waals surface area contributed by atoms with E-state index in [2.05, 4.69) is 10.6 Å². The second-order valence-electron chi connectivity index (χ2n) is 7.90. The first-order valence-electron chi connectivity index (χ1n) is 11.3. The fraction of sp³-hybridized carbons (Fsp3) is 0.320. The Hall–Kier alpha value is -3.99. The van der Waals surface area contributed by atoms with Gasteiger partial charge in [0.05, 0.1) is 31.4 Å². The Labute approximate surface area is 214 Å². The predicted molar refractivity (Wildman–Crippen MR) is 138 cm³/mol. The van der Waals surface area contributed by atoms with Gasteiger partial charge in [0.2, 0.25) is 11.8 Å². The summed E-state index contributed by atoms with van der Waals surface area (Å²) in [5, 5.41) is 5.67. The Morgan fingerprint density at radius 2 is 1.72 bits per heavy atom. The number of carbonyl (C=O) groups excluding carboxylic acids is 4. The molecule has 2 aromatic carbocycles. The highest BCUT2D eigenvalue weighted by Gasteiger charge is 2.44. The van der Waals surface area contributed by atoms with Crippen LogP contribution >= 0.6 is 12.2 Å². The lowest BCUT2D eigenvalue weighted by molar-refractivity contribution is -0.124. The zero-order valence-corrected chi connectivity index (χ0v) is 21.1. The summed E-state index contributed by atoms with van der Waals surface area (Å²) in [6.07, 6.45) is -0.150. The molecule has 190 valence electrons. The fourth-order valence-corrected chi connectivity index (χ4v) is 4.11. The van der Waals surface area contributed by atoms with Crippen molar-refractivity contribution in [3.8, 4) is 5.75 Å². The van der Waals surface area contributed by atoms with Crippen LogP contribution in [0.5, 0.6) is 5.75 Å². The number of thiocarbonyl (C=S) groups is 1. The molecule has 0 radical (unpaired) electrons. The van der Waals surface area contributed by atoms with Crippen molar-refractivity contribution in [2.45, 2.75) is 26.3 Å². The third kappa shape index (κ3) is 6.36. The zero-order valence-electron chi connectivity index (χ0n) is 20.3. The van der Waals surface area contributed by atoms with E-state index in [-0.39, 0.29) is 49.0 Å². The van der Waals surface area contributed by atoms with Gasteiger partial charge in [-0.25, -0.2) is 4.79 Å². The lowest BCUT2D eigenvalue weighted by Crippen LogP contribution is -2.42. The van der Waals surface area contributed by atoms with Gasteiger partial charge in [-0.15, -0.1) is 0 Å². The van der Waals surface area contributed by atoms with Gasteiger partial charge < -0.3 is 25.0 Å². The summed E-state index contributed by atoms with van der Waals surface area (Å²) < 4.78 is 10.1. The number of carbonyl (C=O) groups is 4. The number of nitrogens with one attached hydrogen (secondary N) is 2. The number of ether oxygens (including phenoxy) is 2. The molecule has 0 aromatic heterocycles. The highest BCUT2D eigenvalue weighted by Crippen LogP contribution is 2.28. The fourth-order valence-electron chi connectivity index (χ4n) is 3.70. The van der Waals surface area contributed by atoms with Crippen molar-refractivity contribution in [3.05, 3.63) is 54.1 Å². The number of nitrogens with zero attached hydrogens (tertiary/aromatic N) is 2. The molecule has 10 nitrogen and oxygen atoms in total. The average molecular weight is 513 g/mol. The van der Waals surface area contributed by atoms with E-state index in [1.54, 1.807) is 67.5 Å². The first-order chi connectivity index (χ1) is 17.2. The minimum Gasteiger partial charge on any atom is -0.497 e. The van der Waals surface area contributed by atoms with Gasteiger partial charge in [0.25, 0.3) is 5.91 Å². The molecule has 0 saturated carbocycles. The summed E-state index contributed by atoms with van der Waals surface area (Å²) in [6.45, 7) is 3.84. The second-order valence-corrected chi connectivity index (χ2v) is 8.26. The lowest BCUT2D eigenvalue weighted by atomic mass is 10.1. The minimum atomic E-state index is -0.866. The molecule has 3 rings (SSSR count). The Bertz CT molecular complexity index is 1140. The summed E-state index contributed by atoms with van der Waals surface area (Å²) >= 11 is 5.59. The van der Waals surface area contributed by atoms with Crippen molar-refractivity contribution in [2.24, 2.45) is 0 Å². The van der Waals surface area contributed by atoms with Gasteiger partial charge in [-0.3, -0.25) is 19.3 Å². The molecule has 1 heterocycles. The summed E-state index contributed by atoms with van der Waals surface area (Å²) in [7, 11) is 1.55. The number of hydrogen-bond acceptors (Lipinski definition) is 7. The maximum atomic E-state index is 13.4. The van der Waals surface area contributed by atoms with Gasteiger partial charge in [-0.1, -0.05) is 0 Å². The number of rotatable bonds is 10. The number of anilines is 2. The highest BCUT2D eigenvalue weighted by molar-refractivity contribution is 7.80. The number of amides is 3. The zero-order chi connectivity index (χ0) is 26.2. The van der Waals surface area contributed by atoms with Crippen LogP contribution < -0.4 is 20.3 Å². The van der Waals surface area contributed by atoms with E-state index in [4.69, 9.17) is 21.7 Å². The Morgan fingerprint density at radius 1 is 1.06 bits per heavy atom. The van der Waals surface area contributed by atoms with E-state index in [0.717, 1.165) is 0 Å². The average Bonchev–Trinajstić information content (AvgIpc) is 3.08. The molecule has 2 aromatic rings. The first kappa shape index (κ1) is 26.6. The summed E-state index contributed by atoms with van der Waals surface area (Å²) in [4.78, 5) is 52.5. The van der Waals surface area contributed by atoms with E-state index in [0.29, 0.717) is 22.7 Å². The van der Waals surface area contributed by atoms with Crippen LogP contribution in [0.25, 0.3) is 0 Å². The molecule has 3 amide bonds. The third-order valence-electron chi connectivity index (χ3n) is 5.43. The van der Waals surface area contributed by atoms with Gasteiger partial charge in [0.15, 0.2) is 5.11 Å². The smallest absolute Gasteiger partial charge is 0.338 e. The molecule has 1 atom stereocenters. The van der Waals surface area contributed by atoms with Gasteiger partial charge in [0, 0.05) is 25.7 Å². The molecule has 1 aliphatic heterocycles. The van der Waals surface area contributed by atoms with Crippen molar-refractivity contribution in [1.29, 1.82) is 0 Å². The Kier molecular flexibility index (Phi) is 8.96. The van der Waals surface area contributed by atoms with Crippen LogP contribution in [0.2, 0.25) is 0 Å². The van der Waals surface area contributed by atoms with Crippen LogP contribution in [-0.2, 0) is 19.1 Å². The topological polar surface area (TPSA) is 117 Å². The highest BCUT2D eigenvalue weighted by atomic mass is 32.1. The molecule has 2 N–H and O–H groups in total. The largest absolute Gasteiger partial charge is 0.497 e. The maximum absolute atomic E-state index is 13.4. The molecule has 1 saturated heterocycles. The molecular formula is C25H28N4O6S. The normalized spacial score (nSPS) is 15.0. The molecule has 0 spiro atoms. The Balaban J connectivity index is 1.79. The summed E-state index contributed by atoms with van der Waals surface area (Å²) in [5.74, 6) is -0.781. The van der Waals surface area contributed by atoms with E-state index in [1.165, 1.54) is 11.8 Å². The van der Waals surface area contributed by atoms with Crippen molar-refractivity contribution in [1.82, 2.24) is 10.2 Å². The van der Waals surface area contributed by atoms with Gasteiger partial charge >= 0.3 is 5.97 Å². The van der Waals surface area contributed by atoms with Crippen LogP contribution in [0.4, 0.5) is 11.4 Å². The van der Waals surface area contributed by atoms with E-state index in [1.807, 2.05) is 0 Å². The quantitative estimate of drug-likeness (QED) is 0.368. The van der Waals surface area contributed by atoms with Crippen LogP contribution in [-0.4, -0.2) is 66.6 Å². The minimum absolute atomic E-state index is 0.150. The van der Waals surface area contributed by atoms with E-state index in [9.17, 15) is 19.2 Å². The van der Waals surface area contributed by atoms with E-state index < -0.39 is 12.0 Å². The Morgan fingerprint density at radius 3 is 2.31 bits per heavy atom. The molecule has 11 heteroatoms. The predicted octanol–water partition coefficient (Wildman–Crippen LogP) is 2.34. The van der Waals surface area contributed by atoms with E-state index >= 15 is 0 Å². The molecule has 0 aliphatic carbocycles. The molecule has 1 fully saturated rings. The maximum Gasteiger partial charge on any atom is 0.338 e. The number of benzene rings is 2. The number of esters is 1. The SMILES string of the molecule is CCOC(=O)c1ccc(N2C(=O)C(CC(=O)Nc3ccc(OC)cc3)N(CCNC(C)=O)C2=S)cc1. The van der Waals surface area contributed by atoms with Crippen molar-refractivity contribution < 1.29 is 28.7 Å². The van der Waals surface area contributed by atoms with Crippen LogP contribution in [0, 0.1) is 0 Å². The molecule has 0 bridgehead atoms. The molecule has 1 aliphatic rings. The monoisotopic (exact) mass is 512 g/mol. The standard InChI is InChI=1S/C25H28N4O6S/c1-4-35-24(33)17-5-9-19(10-6-17)29-23(32)21(28(25(29)36)14-13-26-16(2)30)15-22(31)27-18-7-11-20(34-3)12-8-18/h5-12,21H,4,13-15H2,1-3H3,(H,26,30)(H,27,31). The number of methoxy groups -OCH3 is 1. The van der Waals surface area contributed by atoms with Crippen LogP contribution in [0.15, 0.2) is 48.5 Å². The molecule has 1 unspecified atom stereocenters. The van der Waals surface area contributed by atoms with Crippen molar-refractivity contribution in [3.63, 3.8) is 0 Å². The number of hydrogen-bond donors (Lipinski definition) is 2. The molecule has 36 heavy (non-hydrogen) atoms. The van der Waals surface area contributed by atoms with Gasteiger partial charge in [0.1, 0.15) is 11.8 Å². The lowest BCUT2D eigenvalue weighted by Gasteiger charge is -2.24. The summed E-state index contributed by atoms with van der Waals surface area (Å²) in [6, 6.07) is 12.3. The van der Waals surface area contributed by atoms with Gasteiger partial charge in [-0.2, -0.15) is 0 Å². The third-order valence-corrected chi connectivity index (χ3v) is 5.85. The van der Waals surface area contributed by atoms with Crippen molar-refractivity contribution in [2.75, 3.05) is 37.0 Å². The molecular weight excluding hydrogens is 484 g/mol. The van der Waals surface area contributed by atoms with Crippen molar-refractivity contribution >= 4 is 52.4 Å². The van der Waals surface area contributed by atoms with Gasteiger partial charge in [-0.05, 0) is 67.7 Å². The van der Waals surface area contributed by atoms with Crippen LogP contribution in [0.3, 0.4) is 0 Å². The second kappa shape index (κ2) is 12.1.